The molecule has 0 radical (unpaired) electrons. The predicted octanol–water partition coefficient (Wildman–Crippen LogP) is 12.5. The van der Waals surface area contributed by atoms with Crippen molar-refractivity contribution in [3.05, 3.63) is 194 Å². The Morgan fingerprint density at radius 2 is 0.830 bits per heavy atom. The summed E-state index contributed by atoms with van der Waals surface area (Å²) >= 11 is 0. The van der Waals surface area contributed by atoms with Crippen LogP contribution in [0.5, 0.6) is 0 Å². The van der Waals surface area contributed by atoms with Gasteiger partial charge < -0.3 is 4.57 Å². The Kier molecular flexibility index (Phi) is 7.43. The van der Waals surface area contributed by atoms with E-state index in [2.05, 4.69) is 138 Å². The summed E-state index contributed by atoms with van der Waals surface area (Å²) in [7, 11) is 0. The normalized spacial score (nSPS) is 11.4. The minimum Gasteiger partial charge on any atom is -0.308 e. The molecule has 53 heavy (non-hydrogen) atoms. The smallest absolute Gasteiger partial charge is 0.164 e. The topological polar surface area (TPSA) is 43.6 Å². The number of aromatic nitrogens is 4. The molecule has 10 aromatic rings. The summed E-state index contributed by atoms with van der Waals surface area (Å²) in [6.45, 7) is 0. The average molecular weight is 677 g/mol. The first kappa shape index (κ1) is 30.6. The molecule has 0 aliphatic rings. The van der Waals surface area contributed by atoms with Gasteiger partial charge in [0.25, 0.3) is 0 Å². The SMILES string of the molecule is c1ccc(-c2ccc3c(c2)c2cccc(-c4ccccc4)c2n3-c2ccc(-c3nc(-c4ccccc4)nc(-c4ccccc4)n3)c3ccccc23)cc1. The monoisotopic (exact) mass is 676 g/mol. The van der Waals surface area contributed by atoms with Gasteiger partial charge in [0.2, 0.25) is 0 Å². The van der Waals surface area contributed by atoms with Crippen molar-refractivity contribution >= 4 is 32.6 Å². The van der Waals surface area contributed by atoms with Crippen LogP contribution < -0.4 is 0 Å². The molecule has 0 unspecified atom stereocenters. The molecule has 0 saturated heterocycles. The molecule has 10 rings (SSSR count). The van der Waals surface area contributed by atoms with E-state index in [1.54, 1.807) is 0 Å². The number of rotatable bonds is 6. The summed E-state index contributed by atoms with van der Waals surface area (Å²) < 4.78 is 2.45. The van der Waals surface area contributed by atoms with E-state index in [1.807, 2.05) is 60.7 Å². The fraction of sp³-hybridized carbons (Fsp3) is 0. The standard InChI is InChI=1S/C49H32N4/c1-5-16-33(17-6-1)37-28-30-45-43(32-37)41-27-15-26-38(34-18-7-2-8-19-34)46(41)53(45)44-31-29-42(39-24-13-14-25-40(39)44)49-51-47(35-20-9-3-10-21-35)50-48(52-49)36-22-11-4-12-23-36/h1-32H. The van der Waals surface area contributed by atoms with Gasteiger partial charge >= 0.3 is 0 Å². The quantitative estimate of drug-likeness (QED) is 0.176. The maximum absolute atomic E-state index is 5.11. The van der Waals surface area contributed by atoms with E-state index >= 15 is 0 Å². The molecule has 2 aromatic heterocycles. The van der Waals surface area contributed by atoms with E-state index in [0.29, 0.717) is 17.5 Å². The van der Waals surface area contributed by atoms with Crippen molar-refractivity contribution < 1.29 is 0 Å². The van der Waals surface area contributed by atoms with Crippen LogP contribution in [0.3, 0.4) is 0 Å². The number of nitrogens with zero attached hydrogens (tertiary/aromatic N) is 4. The predicted molar refractivity (Wildman–Crippen MR) is 219 cm³/mol. The van der Waals surface area contributed by atoms with Crippen molar-refractivity contribution in [2.75, 3.05) is 0 Å². The van der Waals surface area contributed by atoms with Crippen LogP contribution >= 0.6 is 0 Å². The number of hydrogen-bond acceptors (Lipinski definition) is 3. The van der Waals surface area contributed by atoms with Gasteiger partial charge in [-0.15, -0.1) is 0 Å². The summed E-state index contributed by atoms with van der Waals surface area (Å²) in [6.07, 6.45) is 0. The lowest BCUT2D eigenvalue weighted by Crippen LogP contribution is -2.02. The number of para-hydroxylation sites is 1. The number of hydrogen-bond donors (Lipinski definition) is 0. The molecule has 0 amide bonds. The molecule has 2 heterocycles. The van der Waals surface area contributed by atoms with Crippen LogP contribution in [-0.4, -0.2) is 19.5 Å². The zero-order chi connectivity index (χ0) is 35.1. The van der Waals surface area contributed by atoms with Crippen LogP contribution in [0.4, 0.5) is 0 Å². The summed E-state index contributed by atoms with van der Waals surface area (Å²) in [4.78, 5) is 15.2. The summed E-state index contributed by atoms with van der Waals surface area (Å²) in [5, 5.41) is 4.61. The van der Waals surface area contributed by atoms with E-state index in [1.165, 1.54) is 38.5 Å². The largest absolute Gasteiger partial charge is 0.308 e. The number of benzene rings is 8. The van der Waals surface area contributed by atoms with E-state index in [0.717, 1.165) is 38.7 Å². The maximum Gasteiger partial charge on any atom is 0.164 e. The molecule has 4 heteroatoms. The third kappa shape index (κ3) is 5.36. The van der Waals surface area contributed by atoms with Gasteiger partial charge in [-0.1, -0.05) is 170 Å². The molecule has 0 atom stereocenters. The zero-order valence-electron chi connectivity index (χ0n) is 28.8. The Balaban J connectivity index is 1.25. The van der Waals surface area contributed by atoms with Crippen LogP contribution in [0.2, 0.25) is 0 Å². The molecule has 8 aromatic carbocycles. The molecule has 0 N–H and O–H groups in total. The Bertz CT molecular complexity index is 2860. The molecule has 0 fully saturated rings. The third-order valence-corrected chi connectivity index (χ3v) is 10.1. The minimum absolute atomic E-state index is 0.639. The van der Waals surface area contributed by atoms with E-state index in [-0.39, 0.29) is 0 Å². The lowest BCUT2D eigenvalue weighted by atomic mass is 10.00. The molecule has 0 bridgehead atoms. The fourth-order valence-electron chi connectivity index (χ4n) is 7.58. The Morgan fingerprint density at radius 1 is 0.302 bits per heavy atom. The Labute approximate surface area is 307 Å². The van der Waals surface area contributed by atoms with Crippen LogP contribution in [0, 0.1) is 0 Å². The van der Waals surface area contributed by atoms with Gasteiger partial charge in [-0.25, -0.2) is 15.0 Å². The van der Waals surface area contributed by atoms with Crippen molar-refractivity contribution in [3.8, 4) is 62.1 Å². The highest BCUT2D eigenvalue weighted by Crippen LogP contribution is 2.42. The van der Waals surface area contributed by atoms with Crippen molar-refractivity contribution in [3.63, 3.8) is 0 Å². The maximum atomic E-state index is 5.11. The van der Waals surface area contributed by atoms with Gasteiger partial charge in [0.1, 0.15) is 0 Å². The lowest BCUT2D eigenvalue weighted by molar-refractivity contribution is 1.08. The second-order valence-electron chi connectivity index (χ2n) is 13.2. The van der Waals surface area contributed by atoms with Crippen molar-refractivity contribution in [1.82, 2.24) is 19.5 Å². The first-order chi connectivity index (χ1) is 26.3. The number of fused-ring (bicyclic) bond motifs is 4. The second-order valence-corrected chi connectivity index (χ2v) is 13.2. The van der Waals surface area contributed by atoms with E-state index in [4.69, 9.17) is 15.0 Å². The summed E-state index contributed by atoms with van der Waals surface area (Å²) in [6, 6.07) is 68.2. The first-order valence-corrected chi connectivity index (χ1v) is 17.9. The summed E-state index contributed by atoms with van der Waals surface area (Å²) in [5.41, 5.74) is 11.0. The van der Waals surface area contributed by atoms with Crippen molar-refractivity contribution in [2.24, 2.45) is 0 Å². The van der Waals surface area contributed by atoms with Gasteiger partial charge in [-0.3, -0.25) is 0 Å². The highest BCUT2D eigenvalue weighted by Gasteiger charge is 2.21. The van der Waals surface area contributed by atoms with Crippen LogP contribution in [0.25, 0.3) is 94.7 Å². The highest BCUT2D eigenvalue weighted by atomic mass is 15.0. The zero-order valence-corrected chi connectivity index (χ0v) is 28.8. The molecular formula is C49H32N4. The molecular weight excluding hydrogens is 645 g/mol. The van der Waals surface area contributed by atoms with Gasteiger partial charge in [-0.05, 0) is 46.3 Å². The molecule has 248 valence electrons. The molecule has 0 aliphatic carbocycles. The van der Waals surface area contributed by atoms with Crippen molar-refractivity contribution in [1.29, 1.82) is 0 Å². The van der Waals surface area contributed by atoms with Crippen molar-refractivity contribution in [2.45, 2.75) is 0 Å². The Morgan fingerprint density at radius 3 is 1.47 bits per heavy atom. The van der Waals surface area contributed by atoms with E-state index < -0.39 is 0 Å². The molecule has 0 spiro atoms. The first-order valence-electron chi connectivity index (χ1n) is 17.9. The van der Waals surface area contributed by atoms with Gasteiger partial charge in [0, 0.05) is 38.4 Å². The van der Waals surface area contributed by atoms with Crippen LogP contribution in [0.1, 0.15) is 0 Å². The molecule has 0 aliphatic heterocycles. The highest BCUT2D eigenvalue weighted by molar-refractivity contribution is 6.16. The minimum atomic E-state index is 0.639. The van der Waals surface area contributed by atoms with Gasteiger partial charge in [0.15, 0.2) is 17.5 Å². The van der Waals surface area contributed by atoms with Gasteiger partial charge in [0.05, 0.1) is 16.7 Å². The van der Waals surface area contributed by atoms with Crippen LogP contribution in [0.15, 0.2) is 194 Å². The third-order valence-electron chi connectivity index (χ3n) is 10.1. The van der Waals surface area contributed by atoms with Crippen LogP contribution in [-0.2, 0) is 0 Å². The Hall–Kier alpha value is -7.17. The molecule has 0 saturated carbocycles. The average Bonchev–Trinajstić information content (AvgIpc) is 3.58. The van der Waals surface area contributed by atoms with Gasteiger partial charge in [-0.2, -0.15) is 0 Å². The fourth-order valence-corrected chi connectivity index (χ4v) is 7.58. The van der Waals surface area contributed by atoms with E-state index in [9.17, 15) is 0 Å². The lowest BCUT2D eigenvalue weighted by Gasteiger charge is -2.16. The summed E-state index contributed by atoms with van der Waals surface area (Å²) in [5.74, 6) is 1.93. The molecule has 4 nitrogen and oxygen atoms in total. The second kappa shape index (κ2) is 12.9.